The normalized spacial score (nSPS) is 17.8. The van der Waals surface area contributed by atoms with Crippen LogP contribution >= 0.6 is 11.6 Å². The van der Waals surface area contributed by atoms with Gasteiger partial charge in [-0.2, -0.15) is 5.10 Å². The van der Waals surface area contributed by atoms with E-state index >= 15 is 0 Å². The summed E-state index contributed by atoms with van der Waals surface area (Å²) in [5.74, 6) is 0.765. The number of carbonyl (C=O) groups is 1. The lowest BCUT2D eigenvalue weighted by Gasteiger charge is -2.12. The summed E-state index contributed by atoms with van der Waals surface area (Å²) in [5, 5.41) is 11.4. The molecule has 0 aliphatic heterocycles. The van der Waals surface area contributed by atoms with E-state index in [2.05, 4.69) is 30.5 Å². The van der Waals surface area contributed by atoms with Crippen LogP contribution in [0, 0.1) is 12.8 Å². The van der Waals surface area contributed by atoms with Crippen LogP contribution in [-0.4, -0.2) is 31.1 Å². The first-order valence-corrected chi connectivity index (χ1v) is 9.86. The number of nitrogens with two attached hydrogens (primary N) is 1. The minimum atomic E-state index is -0.0910. The molecule has 4 heterocycles. The van der Waals surface area contributed by atoms with Gasteiger partial charge in [-0.15, -0.1) is 0 Å². The van der Waals surface area contributed by atoms with E-state index in [4.69, 9.17) is 17.3 Å². The monoisotopic (exact) mass is 419 g/mol. The molecule has 4 N–H and O–H groups in total. The van der Waals surface area contributed by atoms with Crippen LogP contribution in [0.15, 0.2) is 43.1 Å². The fourth-order valence-corrected chi connectivity index (χ4v) is 3.99. The van der Waals surface area contributed by atoms with Crippen molar-refractivity contribution in [1.29, 1.82) is 0 Å². The largest absolute Gasteiger partial charge is 0.383 e. The van der Waals surface area contributed by atoms with Crippen LogP contribution in [0.1, 0.15) is 23.5 Å². The van der Waals surface area contributed by atoms with E-state index in [9.17, 15) is 4.79 Å². The van der Waals surface area contributed by atoms with Crippen molar-refractivity contribution < 1.29 is 4.79 Å². The van der Waals surface area contributed by atoms with Gasteiger partial charge in [0.15, 0.2) is 0 Å². The highest BCUT2D eigenvalue weighted by Gasteiger charge is 2.44. The van der Waals surface area contributed by atoms with Crippen molar-refractivity contribution in [3.63, 3.8) is 0 Å². The first kappa shape index (κ1) is 18.5. The molecule has 0 radical (unpaired) electrons. The van der Waals surface area contributed by atoms with E-state index < -0.39 is 0 Å². The molecule has 1 fully saturated rings. The second-order valence-electron chi connectivity index (χ2n) is 7.43. The van der Waals surface area contributed by atoms with Crippen molar-refractivity contribution in [1.82, 2.24) is 25.1 Å². The Kier molecular flexibility index (Phi) is 4.36. The van der Waals surface area contributed by atoms with Crippen molar-refractivity contribution >= 4 is 39.9 Å². The van der Waals surface area contributed by atoms with Crippen molar-refractivity contribution in [2.45, 2.75) is 19.3 Å². The smallest absolute Gasteiger partial charge is 0.229 e. The second kappa shape index (κ2) is 7.07. The fraction of sp³-hybridized carbons (Fsp3) is 0.190. The van der Waals surface area contributed by atoms with Gasteiger partial charge in [-0.3, -0.25) is 14.9 Å². The summed E-state index contributed by atoms with van der Waals surface area (Å²) < 4.78 is 0. The second-order valence-corrected chi connectivity index (χ2v) is 7.81. The van der Waals surface area contributed by atoms with E-state index in [-0.39, 0.29) is 17.7 Å². The van der Waals surface area contributed by atoms with Gasteiger partial charge in [-0.05, 0) is 42.5 Å². The van der Waals surface area contributed by atoms with E-state index in [1.165, 1.54) is 0 Å². The number of carbonyl (C=O) groups excluding carboxylic acids is 1. The van der Waals surface area contributed by atoms with Crippen molar-refractivity contribution in [3.8, 4) is 11.3 Å². The number of hydrogen-bond acceptors (Lipinski definition) is 6. The van der Waals surface area contributed by atoms with E-state index in [0.29, 0.717) is 33.1 Å². The molecule has 1 amide bonds. The highest BCUT2D eigenvalue weighted by molar-refractivity contribution is 6.38. The number of aromatic amines is 1. The maximum Gasteiger partial charge on any atom is 0.229 e. The Labute approximate surface area is 176 Å². The van der Waals surface area contributed by atoms with Gasteiger partial charge in [0.05, 0.1) is 16.9 Å². The molecule has 9 heteroatoms. The number of halogens is 1. The summed E-state index contributed by atoms with van der Waals surface area (Å²) in [6.45, 7) is 1.96. The topological polar surface area (TPSA) is 122 Å². The summed E-state index contributed by atoms with van der Waals surface area (Å²) in [6.07, 6.45) is 9.37. The first-order valence-electron chi connectivity index (χ1n) is 9.48. The summed E-state index contributed by atoms with van der Waals surface area (Å²) in [6, 6.07) is 3.62. The number of hydrogen-bond donors (Lipinski definition) is 3. The Morgan fingerprint density at radius 2 is 2.17 bits per heavy atom. The molecule has 8 nitrogen and oxygen atoms in total. The molecule has 2 atom stereocenters. The lowest BCUT2D eigenvalue weighted by Crippen LogP contribution is -2.15. The van der Waals surface area contributed by atoms with Crippen LogP contribution in [0.4, 0.5) is 11.6 Å². The first-order chi connectivity index (χ1) is 14.5. The van der Waals surface area contributed by atoms with Gasteiger partial charge in [0, 0.05) is 47.0 Å². The number of H-pyrrole nitrogens is 1. The third kappa shape index (κ3) is 3.15. The minimum Gasteiger partial charge on any atom is -0.383 e. The van der Waals surface area contributed by atoms with Crippen molar-refractivity contribution in [3.05, 3.63) is 59.3 Å². The third-order valence-corrected chi connectivity index (χ3v) is 5.86. The predicted octanol–water partition coefficient (Wildman–Crippen LogP) is 3.70. The Bertz CT molecular complexity index is 1270. The summed E-state index contributed by atoms with van der Waals surface area (Å²) in [4.78, 5) is 25.6. The molecule has 0 bridgehead atoms. The highest BCUT2D eigenvalue weighted by Crippen LogP contribution is 2.47. The quantitative estimate of drug-likeness (QED) is 0.463. The van der Waals surface area contributed by atoms with Crippen LogP contribution in [0.2, 0.25) is 5.02 Å². The molecule has 1 unspecified atom stereocenters. The number of amides is 1. The SMILES string of the molecule is Cc1ccncc1-c1nc(N)c2cnc(NC(=O)C3C[C@@H]3c3cn[nH]c3)cc2c1Cl. The van der Waals surface area contributed by atoms with Gasteiger partial charge in [0.2, 0.25) is 5.91 Å². The Morgan fingerprint density at radius 3 is 2.93 bits per heavy atom. The summed E-state index contributed by atoms with van der Waals surface area (Å²) in [5.41, 5.74) is 9.56. The van der Waals surface area contributed by atoms with Crippen LogP contribution < -0.4 is 11.1 Å². The van der Waals surface area contributed by atoms with Crippen molar-refractivity contribution in [2.75, 3.05) is 11.1 Å². The van der Waals surface area contributed by atoms with Gasteiger partial charge >= 0.3 is 0 Å². The lowest BCUT2D eigenvalue weighted by atomic mass is 10.1. The highest BCUT2D eigenvalue weighted by atomic mass is 35.5. The number of pyridine rings is 3. The molecule has 1 aliphatic rings. The molecular formula is C21H18ClN7O. The minimum absolute atomic E-state index is 0.0745. The average molecular weight is 420 g/mol. The zero-order valence-corrected chi connectivity index (χ0v) is 16.8. The van der Waals surface area contributed by atoms with Gasteiger partial charge in [0.1, 0.15) is 11.6 Å². The fourth-order valence-electron chi connectivity index (χ4n) is 3.69. The van der Waals surface area contributed by atoms with Crippen LogP contribution in [-0.2, 0) is 4.79 Å². The third-order valence-electron chi connectivity index (χ3n) is 5.48. The van der Waals surface area contributed by atoms with Gasteiger partial charge in [0.25, 0.3) is 0 Å². The number of nitrogen functional groups attached to an aromatic ring is 1. The van der Waals surface area contributed by atoms with Gasteiger partial charge in [-0.1, -0.05) is 11.6 Å². The van der Waals surface area contributed by atoms with E-state index in [1.54, 1.807) is 30.9 Å². The number of anilines is 2. The number of fused-ring (bicyclic) bond motifs is 1. The van der Waals surface area contributed by atoms with Gasteiger partial charge in [-0.25, -0.2) is 9.97 Å². The van der Waals surface area contributed by atoms with Crippen LogP contribution in [0.25, 0.3) is 22.0 Å². The van der Waals surface area contributed by atoms with Gasteiger partial charge < -0.3 is 11.1 Å². The average Bonchev–Trinajstić information content (AvgIpc) is 3.36. The molecule has 1 saturated carbocycles. The number of nitrogens with one attached hydrogen (secondary N) is 2. The molecule has 30 heavy (non-hydrogen) atoms. The molecule has 0 saturated heterocycles. The van der Waals surface area contributed by atoms with E-state index in [0.717, 1.165) is 23.1 Å². The zero-order valence-electron chi connectivity index (χ0n) is 16.1. The maximum absolute atomic E-state index is 12.6. The molecule has 0 spiro atoms. The number of aryl methyl sites for hydroxylation is 1. The molecular weight excluding hydrogens is 402 g/mol. The van der Waals surface area contributed by atoms with Crippen LogP contribution in [0.3, 0.4) is 0 Å². The molecule has 4 aromatic heterocycles. The van der Waals surface area contributed by atoms with Crippen LogP contribution in [0.5, 0.6) is 0 Å². The molecule has 1 aliphatic carbocycles. The van der Waals surface area contributed by atoms with Crippen molar-refractivity contribution in [2.24, 2.45) is 5.92 Å². The Hall–Kier alpha value is -3.52. The standard InChI is InChI=1S/C21H18ClN7O/c1-10-2-3-24-8-15(10)19-18(22)13-5-17(25-9-16(13)20(23)29-19)28-21(30)14-4-12(14)11-6-26-27-7-11/h2-3,5-9,12,14H,4H2,1H3,(H2,23,29)(H,26,27)(H,25,28,30)/t12-,14?/m1/s1. The molecule has 0 aromatic carbocycles. The Morgan fingerprint density at radius 1 is 1.30 bits per heavy atom. The zero-order chi connectivity index (χ0) is 20.8. The number of aromatic nitrogens is 5. The number of nitrogens with zero attached hydrogens (tertiary/aromatic N) is 4. The van der Waals surface area contributed by atoms with E-state index in [1.807, 2.05) is 19.2 Å². The maximum atomic E-state index is 12.6. The summed E-state index contributed by atoms with van der Waals surface area (Å²) in [7, 11) is 0. The number of rotatable bonds is 4. The molecule has 5 rings (SSSR count). The molecule has 150 valence electrons. The molecule has 4 aromatic rings. The Balaban J connectivity index is 1.47. The lowest BCUT2D eigenvalue weighted by molar-refractivity contribution is -0.117. The summed E-state index contributed by atoms with van der Waals surface area (Å²) >= 11 is 6.70. The predicted molar refractivity (Wildman–Crippen MR) is 115 cm³/mol.